The molecule has 0 bridgehead atoms. The standard InChI is InChI=1S/C17H17N5O7S2/c1-28-16-19-15(18-11-3-5-12(6-4-11)22-30(2,23)24)20-17(21-16)29-13-7-9-14(10-8-13)31(25,26)27/h3-10,22H,1-2H3,(H,25,26,27)(H,18,19,20,21). The van der Waals surface area contributed by atoms with Crippen LogP contribution in [0.5, 0.6) is 17.8 Å². The number of ether oxygens (including phenoxy) is 2. The van der Waals surface area contributed by atoms with Crippen LogP contribution in [-0.4, -0.2) is 49.7 Å². The maximum atomic E-state index is 11.3. The summed E-state index contributed by atoms with van der Waals surface area (Å²) in [5, 5.41) is 2.91. The van der Waals surface area contributed by atoms with Crippen molar-refractivity contribution < 1.29 is 30.9 Å². The van der Waals surface area contributed by atoms with E-state index in [1.165, 1.54) is 19.2 Å². The van der Waals surface area contributed by atoms with Crippen molar-refractivity contribution >= 4 is 37.5 Å². The number of hydrogen-bond donors (Lipinski definition) is 3. The van der Waals surface area contributed by atoms with Crippen molar-refractivity contribution in [1.82, 2.24) is 15.0 Å². The Hall–Kier alpha value is -3.49. The molecule has 0 spiro atoms. The fourth-order valence-electron chi connectivity index (χ4n) is 2.28. The monoisotopic (exact) mass is 467 g/mol. The maximum Gasteiger partial charge on any atom is 0.330 e. The summed E-state index contributed by atoms with van der Waals surface area (Å²) in [6.45, 7) is 0. The van der Waals surface area contributed by atoms with Gasteiger partial charge in [0, 0.05) is 11.4 Å². The summed E-state index contributed by atoms with van der Waals surface area (Å²) < 4.78 is 66.7. The zero-order valence-corrected chi connectivity index (χ0v) is 17.8. The lowest BCUT2D eigenvalue weighted by molar-refractivity contribution is 0.360. The summed E-state index contributed by atoms with van der Waals surface area (Å²) in [5.74, 6) is 0.294. The number of nitrogens with zero attached hydrogens (tertiary/aromatic N) is 3. The molecule has 2 aromatic carbocycles. The summed E-state index contributed by atoms with van der Waals surface area (Å²) in [6, 6.07) is 11.1. The zero-order valence-electron chi connectivity index (χ0n) is 16.2. The minimum atomic E-state index is -4.32. The Morgan fingerprint density at radius 2 is 1.42 bits per heavy atom. The van der Waals surface area contributed by atoms with Gasteiger partial charge in [0.15, 0.2) is 0 Å². The Balaban J connectivity index is 1.79. The van der Waals surface area contributed by atoms with Crippen LogP contribution in [0.2, 0.25) is 0 Å². The van der Waals surface area contributed by atoms with E-state index in [1.54, 1.807) is 24.3 Å². The molecule has 0 radical (unpaired) electrons. The summed E-state index contributed by atoms with van der Waals surface area (Å²) in [6.07, 6.45) is 1.05. The lowest BCUT2D eigenvalue weighted by Gasteiger charge is -2.10. The second kappa shape index (κ2) is 8.71. The van der Waals surface area contributed by atoms with Crippen LogP contribution in [0.1, 0.15) is 0 Å². The van der Waals surface area contributed by atoms with E-state index >= 15 is 0 Å². The number of sulfonamides is 1. The molecule has 0 saturated heterocycles. The van der Waals surface area contributed by atoms with Gasteiger partial charge in [0.25, 0.3) is 10.1 Å². The number of methoxy groups -OCH3 is 1. The number of benzene rings is 2. The summed E-state index contributed by atoms with van der Waals surface area (Å²) >= 11 is 0. The molecule has 3 aromatic rings. The van der Waals surface area contributed by atoms with Crippen LogP contribution < -0.4 is 19.5 Å². The van der Waals surface area contributed by atoms with Gasteiger partial charge in [0.1, 0.15) is 5.75 Å². The van der Waals surface area contributed by atoms with E-state index in [9.17, 15) is 16.8 Å². The van der Waals surface area contributed by atoms with Gasteiger partial charge in [-0.2, -0.15) is 18.4 Å². The molecule has 0 fully saturated rings. The van der Waals surface area contributed by atoms with Crippen molar-refractivity contribution in [2.75, 3.05) is 23.4 Å². The van der Waals surface area contributed by atoms with Crippen LogP contribution in [0.3, 0.4) is 0 Å². The summed E-state index contributed by atoms with van der Waals surface area (Å²) in [5.41, 5.74) is 0.939. The highest BCUT2D eigenvalue weighted by atomic mass is 32.2. The van der Waals surface area contributed by atoms with E-state index in [0.29, 0.717) is 11.4 Å². The van der Waals surface area contributed by atoms with Crippen LogP contribution in [0.4, 0.5) is 17.3 Å². The van der Waals surface area contributed by atoms with Gasteiger partial charge >= 0.3 is 12.0 Å². The molecule has 3 N–H and O–H groups in total. The quantitative estimate of drug-likeness (QED) is 0.414. The highest BCUT2D eigenvalue weighted by Crippen LogP contribution is 2.24. The molecular formula is C17H17N5O7S2. The molecule has 31 heavy (non-hydrogen) atoms. The SMILES string of the molecule is COc1nc(Nc2ccc(NS(C)(=O)=O)cc2)nc(Oc2ccc(S(=O)(=O)O)cc2)n1. The molecule has 0 amide bonds. The second-order valence-corrected chi connectivity index (χ2v) is 9.22. The molecule has 1 heterocycles. The van der Waals surface area contributed by atoms with Crippen LogP contribution in [0.25, 0.3) is 0 Å². The zero-order chi connectivity index (χ0) is 22.6. The van der Waals surface area contributed by atoms with Crippen molar-refractivity contribution in [1.29, 1.82) is 0 Å². The van der Waals surface area contributed by atoms with E-state index in [0.717, 1.165) is 18.4 Å². The minimum Gasteiger partial charge on any atom is -0.467 e. The second-order valence-electron chi connectivity index (χ2n) is 6.05. The first-order chi connectivity index (χ1) is 14.5. The average Bonchev–Trinajstić information content (AvgIpc) is 2.68. The molecule has 0 unspecified atom stereocenters. The molecule has 0 aliphatic rings. The maximum absolute atomic E-state index is 11.3. The largest absolute Gasteiger partial charge is 0.467 e. The molecule has 3 rings (SSSR count). The molecule has 0 saturated carbocycles. The van der Waals surface area contributed by atoms with Crippen molar-refractivity contribution in [2.24, 2.45) is 0 Å². The van der Waals surface area contributed by atoms with E-state index in [1.807, 2.05) is 0 Å². The molecular weight excluding hydrogens is 450 g/mol. The highest BCUT2D eigenvalue weighted by Gasteiger charge is 2.12. The van der Waals surface area contributed by atoms with Crippen molar-refractivity contribution in [2.45, 2.75) is 4.90 Å². The van der Waals surface area contributed by atoms with E-state index in [2.05, 4.69) is 25.0 Å². The van der Waals surface area contributed by atoms with Crippen LogP contribution in [0, 0.1) is 0 Å². The minimum absolute atomic E-state index is 0.0441. The van der Waals surface area contributed by atoms with Gasteiger partial charge in [0.2, 0.25) is 16.0 Å². The highest BCUT2D eigenvalue weighted by molar-refractivity contribution is 7.92. The van der Waals surface area contributed by atoms with Gasteiger partial charge in [-0.15, -0.1) is 4.98 Å². The van der Waals surface area contributed by atoms with Crippen LogP contribution in [-0.2, 0) is 20.1 Å². The number of aromatic nitrogens is 3. The Bertz CT molecular complexity index is 1280. The van der Waals surface area contributed by atoms with Crippen LogP contribution >= 0.6 is 0 Å². The van der Waals surface area contributed by atoms with Crippen molar-refractivity contribution in [3.05, 3.63) is 48.5 Å². The fourth-order valence-corrected chi connectivity index (χ4v) is 3.32. The molecule has 164 valence electrons. The lowest BCUT2D eigenvalue weighted by Crippen LogP contribution is -2.09. The first-order valence-corrected chi connectivity index (χ1v) is 11.8. The van der Waals surface area contributed by atoms with E-state index in [-0.39, 0.29) is 28.6 Å². The Morgan fingerprint density at radius 1 is 0.839 bits per heavy atom. The summed E-state index contributed by atoms with van der Waals surface area (Å²) in [7, 11) is -6.35. The molecule has 0 atom stereocenters. The molecule has 0 aliphatic carbocycles. The molecule has 0 aliphatic heterocycles. The topological polar surface area (TPSA) is 170 Å². The van der Waals surface area contributed by atoms with Gasteiger partial charge in [-0.05, 0) is 48.5 Å². The smallest absolute Gasteiger partial charge is 0.330 e. The lowest BCUT2D eigenvalue weighted by atomic mass is 10.3. The predicted octanol–water partition coefficient (Wildman–Crippen LogP) is 2.03. The molecule has 12 nitrogen and oxygen atoms in total. The number of anilines is 3. The fraction of sp³-hybridized carbons (Fsp3) is 0.118. The number of rotatable bonds is 8. The predicted molar refractivity (Wildman–Crippen MR) is 111 cm³/mol. The molecule has 14 heteroatoms. The first kappa shape index (κ1) is 22.2. The van der Waals surface area contributed by atoms with E-state index < -0.39 is 20.1 Å². The van der Waals surface area contributed by atoms with Gasteiger partial charge < -0.3 is 14.8 Å². The average molecular weight is 467 g/mol. The van der Waals surface area contributed by atoms with Gasteiger partial charge in [-0.25, -0.2) is 8.42 Å². The Morgan fingerprint density at radius 3 is 1.97 bits per heavy atom. The third-order valence-electron chi connectivity index (χ3n) is 3.55. The van der Waals surface area contributed by atoms with E-state index in [4.69, 9.17) is 14.0 Å². The third-order valence-corrected chi connectivity index (χ3v) is 5.03. The molecule has 1 aromatic heterocycles. The third kappa shape index (κ3) is 6.50. The van der Waals surface area contributed by atoms with Crippen molar-refractivity contribution in [3.8, 4) is 17.8 Å². The Kier molecular flexibility index (Phi) is 6.24. The number of hydrogen-bond acceptors (Lipinski definition) is 10. The Labute approximate surface area is 178 Å². The van der Waals surface area contributed by atoms with Gasteiger partial charge in [-0.3, -0.25) is 9.27 Å². The first-order valence-electron chi connectivity index (χ1n) is 8.42. The summed E-state index contributed by atoms with van der Waals surface area (Å²) in [4.78, 5) is 11.8. The number of nitrogens with one attached hydrogen (secondary N) is 2. The van der Waals surface area contributed by atoms with Crippen LogP contribution in [0.15, 0.2) is 53.4 Å². The van der Waals surface area contributed by atoms with Gasteiger partial charge in [0.05, 0.1) is 18.3 Å². The van der Waals surface area contributed by atoms with Crippen molar-refractivity contribution in [3.63, 3.8) is 0 Å². The normalized spacial score (nSPS) is 11.6. The van der Waals surface area contributed by atoms with Gasteiger partial charge in [-0.1, -0.05) is 0 Å².